The monoisotopic (exact) mass is 395 g/mol. The number of carbonyl (C=O) groups is 1. The second kappa shape index (κ2) is 8.26. The fourth-order valence-corrected chi connectivity index (χ4v) is 2.18. The van der Waals surface area contributed by atoms with Gasteiger partial charge in [-0.1, -0.05) is 0 Å². The molecule has 0 aromatic heterocycles. The molecule has 0 radical (unpaired) electrons. The lowest BCUT2D eigenvalue weighted by Crippen LogP contribution is -2.22. The second-order valence-electron chi connectivity index (χ2n) is 5.30. The summed E-state index contributed by atoms with van der Waals surface area (Å²) in [5.74, 6) is -0.652. The number of carbonyl (C=O) groups excluding carboxylic acids is 1. The number of nitrogens with one attached hydrogen (secondary N) is 1. The van der Waals surface area contributed by atoms with Gasteiger partial charge in [0, 0.05) is 18.2 Å². The van der Waals surface area contributed by atoms with Crippen molar-refractivity contribution in [2.75, 3.05) is 19.0 Å². The summed E-state index contributed by atoms with van der Waals surface area (Å²) in [5, 5.41) is 21.5. The predicted molar refractivity (Wildman–Crippen MR) is 89.9 cm³/mol. The molecule has 1 N–H and O–H groups in total. The maximum Gasteiger partial charge on any atom is 0.418 e. The number of non-ortho nitro benzene ring substituents is 1. The molecule has 146 valence electrons. The van der Waals surface area contributed by atoms with Gasteiger partial charge in [0.05, 0.1) is 34.9 Å². The highest BCUT2D eigenvalue weighted by Gasteiger charge is 2.35. The van der Waals surface area contributed by atoms with Crippen molar-refractivity contribution in [2.45, 2.75) is 6.18 Å². The molecule has 0 fully saturated rings. The van der Waals surface area contributed by atoms with E-state index in [4.69, 9.17) is 14.7 Å². The highest BCUT2D eigenvalue weighted by Crippen LogP contribution is 2.37. The van der Waals surface area contributed by atoms with Crippen LogP contribution < -0.4 is 14.8 Å². The molecule has 8 nitrogen and oxygen atoms in total. The summed E-state index contributed by atoms with van der Waals surface area (Å²) in [4.78, 5) is 21.7. The van der Waals surface area contributed by atoms with Crippen LogP contribution in [0.1, 0.15) is 11.1 Å². The number of hydrogen-bond acceptors (Lipinski definition) is 6. The van der Waals surface area contributed by atoms with Gasteiger partial charge in [-0.25, -0.2) is 0 Å². The summed E-state index contributed by atoms with van der Waals surface area (Å²) in [6.45, 7) is -0.656. The Kier molecular flexibility index (Phi) is 6.04. The van der Waals surface area contributed by atoms with E-state index in [1.165, 1.54) is 25.3 Å². The van der Waals surface area contributed by atoms with E-state index in [9.17, 15) is 28.1 Å². The zero-order chi connectivity index (χ0) is 20.9. The number of nitriles is 1. The van der Waals surface area contributed by atoms with Crippen molar-refractivity contribution in [2.24, 2.45) is 0 Å². The van der Waals surface area contributed by atoms with Crippen LogP contribution in [-0.4, -0.2) is 24.5 Å². The molecule has 2 aromatic rings. The van der Waals surface area contributed by atoms with Crippen molar-refractivity contribution in [1.82, 2.24) is 0 Å². The smallest absolute Gasteiger partial charge is 0.418 e. The van der Waals surface area contributed by atoms with Gasteiger partial charge in [0.15, 0.2) is 18.1 Å². The number of alkyl halides is 3. The van der Waals surface area contributed by atoms with Gasteiger partial charge in [0.2, 0.25) is 0 Å². The number of ether oxygens (including phenoxy) is 2. The number of halogens is 3. The molecule has 11 heteroatoms. The number of hydrogen-bond donors (Lipinski definition) is 1. The minimum absolute atomic E-state index is 0.108. The molecule has 0 saturated heterocycles. The summed E-state index contributed by atoms with van der Waals surface area (Å²) >= 11 is 0. The van der Waals surface area contributed by atoms with E-state index in [0.29, 0.717) is 6.07 Å². The van der Waals surface area contributed by atoms with E-state index in [2.05, 4.69) is 0 Å². The Morgan fingerprint density at radius 3 is 2.54 bits per heavy atom. The third-order valence-corrected chi connectivity index (χ3v) is 3.44. The first kappa shape index (κ1) is 20.5. The first-order valence-corrected chi connectivity index (χ1v) is 7.52. The average Bonchev–Trinajstić information content (AvgIpc) is 2.65. The Morgan fingerprint density at radius 2 is 1.96 bits per heavy atom. The number of nitro groups is 1. The fraction of sp³-hybridized carbons (Fsp3) is 0.176. The molecular formula is C17H12F3N3O5. The van der Waals surface area contributed by atoms with E-state index in [-0.39, 0.29) is 17.1 Å². The Bertz CT molecular complexity index is 954. The summed E-state index contributed by atoms with van der Waals surface area (Å²) in [5.41, 5.74) is -2.47. The van der Waals surface area contributed by atoms with Crippen LogP contribution in [0.2, 0.25) is 0 Å². The molecule has 28 heavy (non-hydrogen) atoms. The molecular weight excluding hydrogens is 383 g/mol. The van der Waals surface area contributed by atoms with Crippen LogP contribution >= 0.6 is 0 Å². The number of anilines is 1. The second-order valence-corrected chi connectivity index (χ2v) is 5.30. The lowest BCUT2D eigenvalue weighted by Gasteiger charge is -2.14. The molecule has 0 heterocycles. The quantitative estimate of drug-likeness (QED) is 0.591. The zero-order valence-corrected chi connectivity index (χ0v) is 14.2. The predicted octanol–water partition coefficient (Wildman–Crippen LogP) is 3.51. The normalized spacial score (nSPS) is 10.7. The first-order valence-electron chi connectivity index (χ1n) is 7.52. The largest absolute Gasteiger partial charge is 0.493 e. The molecule has 1 amide bonds. The van der Waals surface area contributed by atoms with Crippen LogP contribution in [-0.2, 0) is 11.0 Å². The van der Waals surface area contributed by atoms with Crippen LogP contribution in [0.5, 0.6) is 11.5 Å². The third kappa shape index (κ3) is 4.88. The molecule has 0 aliphatic heterocycles. The summed E-state index contributed by atoms with van der Waals surface area (Å²) in [6.07, 6.45) is -4.91. The Morgan fingerprint density at radius 1 is 1.25 bits per heavy atom. The molecule has 2 rings (SSSR count). The topological polar surface area (TPSA) is 114 Å². The van der Waals surface area contributed by atoms with Crippen LogP contribution in [0.4, 0.5) is 24.5 Å². The maximum absolute atomic E-state index is 13.1. The van der Waals surface area contributed by atoms with Gasteiger partial charge in [-0.05, 0) is 18.2 Å². The minimum Gasteiger partial charge on any atom is -0.493 e. The third-order valence-electron chi connectivity index (χ3n) is 3.44. The van der Waals surface area contributed by atoms with E-state index < -0.39 is 40.6 Å². The summed E-state index contributed by atoms with van der Waals surface area (Å²) in [6, 6.07) is 8.01. The lowest BCUT2D eigenvalue weighted by molar-refractivity contribution is -0.385. The van der Waals surface area contributed by atoms with Crippen molar-refractivity contribution in [1.29, 1.82) is 5.26 Å². The number of rotatable bonds is 6. The maximum atomic E-state index is 13.1. The highest BCUT2D eigenvalue weighted by atomic mass is 19.4. The van der Waals surface area contributed by atoms with Crippen molar-refractivity contribution in [3.05, 3.63) is 57.6 Å². The average molecular weight is 395 g/mol. The van der Waals surface area contributed by atoms with Gasteiger partial charge in [0.1, 0.15) is 0 Å². The molecule has 0 unspecified atom stereocenters. The van der Waals surface area contributed by atoms with Crippen molar-refractivity contribution in [3.63, 3.8) is 0 Å². The number of nitro benzene ring substituents is 1. The molecule has 0 bridgehead atoms. The molecule has 0 atom stereocenters. The zero-order valence-electron chi connectivity index (χ0n) is 14.2. The molecule has 0 aliphatic carbocycles. The number of nitrogens with zero attached hydrogens (tertiary/aromatic N) is 2. The van der Waals surface area contributed by atoms with Crippen molar-refractivity contribution < 1.29 is 32.4 Å². The standard InChI is InChI=1S/C17H12F3N3O5/c1-27-15-6-10(8-21)2-5-14(15)28-9-16(24)22-13-4-3-11(23(25)26)7-12(13)17(18,19)20/h2-7H,9H2,1H3,(H,22,24). The molecule has 0 spiro atoms. The van der Waals surface area contributed by atoms with Crippen LogP contribution in [0.25, 0.3) is 0 Å². The van der Waals surface area contributed by atoms with Gasteiger partial charge in [0.25, 0.3) is 11.6 Å². The van der Waals surface area contributed by atoms with E-state index in [1.54, 1.807) is 0 Å². The Labute approximate surface area is 156 Å². The Hall–Kier alpha value is -3.81. The molecule has 0 saturated carbocycles. The van der Waals surface area contributed by atoms with Gasteiger partial charge in [-0.3, -0.25) is 14.9 Å². The SMILES string of the molecule is COc1cc(C#N)ccc1OCC(=O)Nc1ccc([N+](=O)[O-])cc1C(F)(F)F. The van der Waals surface area contributed by atoms with Gasteiger partial charge >= 0.3 is 6.18 Å². The summed E-state index contributed by atoms with van der Waals surface area (Å²) in [7, 11) is 1.32. The molecule has 0 aliphatic rings. The van der Waals surface area contributed by atoms with Gasteiger partial charge in [-0.2, -0.15) is 18.4 Å². The van der Waals surface area contributed by atoms with Gasteiger partial charge < -0.3 is 14.8 Å². The van der Waals surface area contributed by atoms with Crippen LogP contribution in [0.3, 0.4) is 0 Å². The van der Waals surface area contributed by atoms with E-state index >= 15 is 0 Å². The van der Waals surface area contributed by atoms with Crippen molar-refractivity contribution in [3.8, 4) is 17.6 Å². The van der Waals surface area contributed by atoms with E-state index in [1.807, 2.05) is 11.4 Å². The number of amides is 1. The fourth-order valence-electron chi connectivity index (χ4n) is 2.18. The summed E-state index contributed by atoms with van der Waals surface area (Å²) < 4.78 is 49.6. The Balaban J connectivity index is 2.16. The minimum atomic E-state index is -4.91. The van der Waals surface area contributed by atoms with Crippen molar-refractivity contribution >= 4 is 17.3 Å². The number of benzene rings is 2. The highest BCUT2D eigenvalue weighted by molar-refractivity contribution is 5.93. The van der Waals surface area contributed by atoms with E-state index in [0.717, 1.165) is 12.1 Å². The van der Waals surface area contributed by atoms with Crippen LogP contribution in [0.15, 0.2) is 36.4 Å². The number of methoxy groups -OCH3 is 1. The van der Waals surface area contributed by atoms with Crippen LogP contribution in [0, 0.1) is 21.4 Å². The lowest BCUT2D eigenvalue weighted by atomic mass is 10.1. The van der Waals surface area contributed by atoms with Gasteiger partial charge in [-0.15, -0.1) is 0 Å². The molecule has 2 aromatic carbocycles. The first-order chi connectivity index (χ1) is 13.2.